The van der Waals surface area contributed by atoms with E-state index in [1.165, 1.54) is 0 Å². The maximum Gasteiger partial charge on any atom is 0.282 e. The summed E-state index contributed by atoms with van der Waals surface area (Å²) in [5.74, 6) is 0.899. The van der Waals surface area contributed by atoms with Gasteiger partial charge in [-0.05, 0) is 54.6 Å². The van der Waals surface area contributed by atoms with Gasteiger partial charge in [-0.2, -0.15) is 0 Å². The SMILES string of the molecule is O=C1/C(=C\c2ccco2)N=C(c2ccc(Cl)cc2)N1c1cccc(Br)c1. The number of carbonyl (C=O) groups excluding carboxylic acids is 1. The highest BCUT2D eigenvalue weighted by molar-refractivity contribution is 9.10. The fraction of sp³-hybridized carbons (Fsp3) is 0. The molecule has 0 fully saturated rings. The van der Waals surface area contributed by atoms with Crippen molar-refractivity contribution in [3.8, 4) is 0 Å². The Kier molecular flexibility index (Phi) is 4.49. The van der Waals surface area contributed by atoms with E-state index in [1.54, 1.807) is 41.5 Å². The molecule has 1 aliphatic heterocycles. The zero-order valence-electron chi connectivity index (χ0n) is 13.4. The molecule has 0 saturated carbocycles. The standard InChI is InChI=1S/C20H12BrClN2O2/c21-14-3-1-4-16(11-14)24-19(13-6-8-15(22)9-7-13)23-18(20(24)25)12-17-5-2-10-26-17/h1-12H/b18-12+. The first-order valence-corrected chi connectivity index (χ1v) is 8.99. The monoisotopic (exact) mass is 426 g/mol. The van der Waals surface area contributed by atoms with Crippen molar-refractivity contribution in [3.05, 3.63) is 93.4 Å². The van der Waals surface area contributed by atoms with Crippen LogP contribution in [-0.2, 0) is 4.79 Å². The van der Waals surface area contributed by atoms with Gasteiger partial charge in [0.15, 0.2) is 0 Å². The van der Waals surface area contributed by atoms with Crippen LogP contribution in [0.4, 0.5) is 5.69 Å². The molecule has 0 aliphatic carbocycles. The van der Waals surface area contributed by atoms with Crippen LogP contribution >= 0.6 is 27.5 Å². The highest BCUT2D eigenvalue weighted by Crippen LogP contribution is 2.30. The smallest absolute Gasteiger partial charge is 0.282 e. The molecule has 0 radical (unpaired) electrons. The summed E-state index contributed by atoms with van der Waals surface area (Å²) in [7, 11) is 0. The molecule has 0 spiro atoms. The first-order chi connectivity index (χ1) is 12.6. The van der Waals surface area contributed by atoms with Crippen LogP contribution < -0.4 is 4.90 Å². The zero-order valence-corrected chi connectivity index (χ0v) is 15.7. The average Bonchev–Trinajstić information content (AvgIpc) is 3.25. The number of benzene rings is 2. The Morgan fingerprint density at radius 3 is 2.58 bits per heavy atom. The van der Waals surface area contributed by atoms with Crippen molar-refractivity contribution in [1.82, 2.24) is 0 Å². The van der Waals surface area contributed by atoms with E-state index in [9.17, 15) is 4.79 Å². The van der Waals surface area contributed by atoms with Gasteiger partial charge < -0.3 is 4.42 Å². The van der Waals surface area contributed by atoms with Gasteiger partial charge in [-0.3, -0.25) is 9.69 Å². The molecule has 6 heteroatoms. The van der Waals surface area contributed by atoms with E-state index in [0.717, 1.165) is 15.7 Å². The van der Waals surface area contributed by atoms with Crippen LogP contribution in [0.25, 0.3) is 6.08 Å². The fourth-order valence-corrected chi connectivity index (χ4v) is 3.19. The topological polar surface area (TPSA) is 45.8 Å². The summed E-state index contributed by atoms with van der Waals surface area (Å²) in [5, 5.41) is 0.624. The molecule has 2 aromatic carbocycles. The third-order valence-corrected chi connectivity index (χ3v) is 4.60. The van der Waals surface area contributed by atoms with Crippen molar-refractivity contribution in [2.24, 2.45) is 4.99 Å². The Balaban J connectivity index is 1.84. The van der Waals surface area contributed by atoms with Gasteiger partial charge >= 0.3 is 0 Å². The maximum absolute atomic E-state index is 13.1. The van der Waals surface area contributed by atoms with Gasteiger partial charge in [0.25, 0.3) is 5.91 Å². The fourth-order valence-electron chi connectivity index (χ4n) is 2.67. The van der Waals surface area contributed by atoms with E-state index < -0.39 is 0 Å². The minimum absolute atomic E-state index is 0.218. The third kappa shape index (κ3) is 3.23. The van der Waals surface area contributed by atoms with Crippen LogP contribution in [0.2, 0.25) is 5.02 Å². The lowest BCUT2D eigenvalue weighted by Crippen LogP contribution is -2.32. The second-order valence-electron chi connectivity index (χ2n) is 5.61. The minimum Gasteiger partial charge on any atom is -0.465 e. The number of hydrogen-bond acceptors (Lipinski definition) is 3. The number of halogens is 2. The molecule has 128 valence electrons. The van der Waals surface area contributed by atoms with E-state index >= 15 is 0 Å². The molecule has 0 saturated heterocycles. The minimum atomic E-state index is -0.218. The van der Waals surface area contributed by atoms with Gasteiger partial charge in [0.1, 0.15) is 17.3 Å². The van der Waals surface area contributed by atoms with Crippen molar-refractivity contribution in [2.45, 2.75) is 0 Å². The van der Waals surface area contributed by atoms with Gasteiger partial charge in [0, 0.05) is 21.1 Å². The number of furan rings is 1. The van der Waals surface area contributed by atoms with E-state index in [2.05, 4.69) is 20.9 Å². The molecule has 3 aromatic rings. The number of anilines is 1. The average molecular weight is 428 g/mol. The summed E-state index contributed by atoms with van der Waals surface area (Å²) in [4.78, 5) is 19.2. The molecule has 0 atom stereocenters. The molecule has 0 N–H and O–H groups in total. The molecule has 4 nitrogen and oxygen atoms in total. The van der Waals surface area contributed by atoms with Crippen LogP contribution in [-0.4, -0.2) is 11.7 Å². The number of nitrogens with zero attached hydrogens (tertiary/aromatic N) is 2. The van der Waals surface area contributed by atoms with Crippen molar-refractivity contribution in [2.75, 3.05) is 4.90 Å². The normalized spacial score (nSPS) is 15.6. The first kappa shape index (κ1) is 16.8. The highest BCUT2D eigenvalue weighted by Gasteiger charge is 2.32. The van der Waals surface area contributed by atoms with Gasteiger partial charge in [0.2, 0.25) is 0 Å². The number of rotatable bonds is 3. The summed E-state index contributed by atoms with van der Waals surface area (Å²) >= 11 is 9.45. The summed E-state index contributed by atoms with van der Waals surface area (Å²) in [6, 6.07) is 18.3. The predicted molar refractivity (Wildman–Crippen MR) is 106 cm³/mol. The molecule has 0 bridgehead atoms. The van der Waals surface area contributed by atoms with Crippen LogP contribution in [0, 0.1) is 0 Å². The van der Waals surface area contributed by atoms with Crippen molar-refractivity contribution in [1.29, 1.82) is 0 Å². The molecule has 1 aromatic heterocycles. The lowest BCUT2D eigenvalue weighted by Gasteiger charge is -2.18. The van der Waals surface area contributed by atoms with Crippen LogP contribution in [0.1, 0.15) is 11.3 Å². The maximum atomic E-state index is 13.1. The summed E-state index contributed by atoms with van der Waals surface area (Å²) in [6.45, 7) is 0. The summed E-state index contributed by atoms with van der Waals surface area (Å²) < 4.78 is 6.20. The van der Waals surface area contributed by atoms with E-state index in [0.29, 0.717) is 22.3 Å². The summed E-state index contributed by atoms with van der Waals surface area (Å²) in [5.41, 5.74) is 1.83. The largest absolute Gasteiger partial charge is 0.465 e. The number of aliphatic imine (C=N–C) groups is 1. The Morgan fingerprint density at radius 2 is 1.88 bits per heavy atom. The molecule has 0 unspecified atom stereocenters. The Morgan fingerprint density at radius 1 is 1.08 bits per heavy atom. The number of hydrogen-bond donors (Lipinski definition) is 0. The molecular weight excluding hydrogens is 416 g/mol. The van der Waals surface area contributed by atoms with Crippen molar-refractivity contribution in [3.63, 3.8) is 0 Å². The number of amides is 1. The number of carbonyl (C=O) groups is 1. The predicted octanol–water partition coefficient (Wildman–Crippen LogP) is 5.53. The van der Waals surface area contributed by atoms with Crippen molar-refractivity contribution >= 4 is 51.0 Å². The van der Waals surface area contributed by atoms with E-state index in [4.69, 9.17) is 16.0 Å². The molecule has 1 aliphatic rings. The highest BCUT2D eigenvalue weighted by atomic mass is 79.9. The first-order valence-electron chi connectivity index (χ1n) is 7.82. The number of amidine groups is 1. The molecule has 1 amide bonds. The zero-order chi connectivity index (χ0) is 18.1. The van der Waals surface area contributed by atoms with Gasteiger partial charge in [0.05, 0.1) is 12.0 Å². The van der Waals surface area contributed by atoms with Crippen LogP contribution in [0.5, 0.6) is 0 Å². The van der Waals surface area contributed by atoms with E-state index in [1.807, 2.05) is 36.4 Å². The second kappa shape index (κ2) is 6.94. The van der Waals surface area contributed by atoms with E-state index in [-0.39, 0.29) is 5.91 Å². The van der Waals surface area contributed by atoms with Crippen molar-refractivity contribution < 1.29 is 9.21 Å². The quantitative estimate of drug-likeness (QED) is 0.516. The van der Waals surface area contributed by atoms with Crippen LogP contribution in [0.15, 0.2) is 86.5 Å². The summed E-state index contributed by atoms with van der Waals surface area (Å²) in [6.07, 6.45) is 3.19. The van der Waals surface area contributed by atoms with Gasteiger partial charge in [-0.25, -0.2) is 4.99 Å². The molecule has 4 rings (SSSR count). The second-order valence-corrected chi connectivity index (χ2v) is 6.96. The molecule has 26 heavy (non-hydrogen) atoms. The Hall–Kier alpha value is -2.63. The lowest BCUT2D eigenvalue weighted by molar-refractivity contribution is -0.113. The van der Waals surface area contributed by atoms with Crippen LogP contribution in [0.3, 0.4) is 0 Å². The Bertz CT molecular complexity index is 1020. The molecular formula is C20H12BrClN2O2. The third-order valence-electron chi connectivity index (χ3n) is 3.85. The van der Waals surface area contributed by atoms with Gasteiger partial charge in [-0.15, -0.1) is 0 Å². The van der Waals surface area contributed by atoms with Gasteiger partial charge in [-0.1, -0.05) is 33.6 Å². The lowest BCUT2D eigenvalue weighted by atomic mass is 10.2. The Labute approximate surface area is 163 Å². The molecule has 2 heterocycles.